The Morgan fingerprint density at radius 2 is 1.46 bits per heavy atom. The first-order valence-electron chi connectivity index (χ1n) is 11.2. The molecule has 0 bridgehead atoms. The number of aliphatic hydroxyl groups is 1. The first-order chi connectivity index (χ1) is 17.7. The van der Waals surface area contributed by atoms with Crippen LogP contribution in [-0.2, 0) is 32.0 Å². The molecule has 0 saturated carbocycles. The molecular weight excluding hydrogens is 1130 g/mol. The number of likely N-dealkylation sites (N-methyl/N-ethyl adjacent to an activating group) is 1. The normalized spacial score (nSPS) is 21.5. The quantitative estimate of drug-likeness (QED) is 0.247. The fraction of sp³-hybridized carbons (Fsp3) is 0.478. The Morgan fingerprint density at radius 3 is 1.95 bits per heavy atom. The first-order valence-corrected chi connectivity index (χ1v) is 33.8. The van der Waals surface area contributed by atoms with E-state index in [1.54, 1.807) is 25.2 Å². The van der Waals surface area contributed by atoms with Gasteiger partial charge >= 0.3 is 114 Å². The summed E-state index contributed by atoms with van der Waals surface area (Å²) in [6.07, 6.45) is 3.01. The van der Waals surface area contributed by atoms with Gasteiger partial charge in [-0.2, -0.15) is 0 Å². The van der Waals surface area contributed by atoms with Gasteiger partial charge in [0.05, 0.1) is 6.61 Å². The van der Waals surface area contributed by atoms with Crippen LogP contribution >= 0.6 is 99.9 Å². The number of hydrogen-bond donors (Lipinski definition) is 2. The molecule has 3 aliphatic rings. The SMILES string of the molecule is CNCC(O)[C@H]1CCc2cc(F)ccc2O1.Fc1ccc2c(c1)CC[C@H](C1CO1)O2.[I][V]([I])[I].[I][V][I]. The Balaban J connectivity index is 0.000000210. The number of halogens is 7. The molecule has 0 amide bonds. The van der Waals surface area contributed by atoms with Crippen molar-refractivity contribution in [2.75, 3.05) is 20.2 Å². The van der Waals surface area contributed by atoms with Crippen molar-refractivity contribution < 1.29 is 42.5 Å². The van der Waals surface area contributed by atoms with E-state index in [4.69, 9.17) is 14.2 Å². The Hall–Kier alpha value is 2.60. The second-order valence-electron chi connectivity index (χ2n) is 8.15. The molecule has 2 aromatic carbocycles. The number of rotatable bonds is 4. The molecule has 5 rings (SSSR count). The van der Waals surface area contributed by atoms with Gasteiger partial charge in [-0.1, -0.05) is 0 Å². The van der Waals surface area contributed by atoms with E-state index >= 15 is 0 Å². The van der Waals surface area contributed by atoms with Gasteiger partial charge in [0.2, 0.25) is 0 Å². The third-order valence-electron chi connectivity index (χ3n) is 5.61. The third-order valence-corrected chi connectivity index (χ3v) is 5.61. The molecule has 1 fully saturated rings. The van der Waals surface area contributed by atoms with Crippen molar-refractivity contribution in [1.29, 1.82) is 0 Å². The molecule has 2 aromatic rings. The van der Waals surface area contributed by atoms with E-state index in [-0.39, 0.29) is 34.9 Å². The molecule has 2 unspecified atom stereocenters. The van der Waals surface area contributed by atoms with Crippen LogP contribution in [0.1, 0.15) is 24.0 Å². The average molecular weight is 1160 g/mol. The van der Waals surface area contributed by atoms with Crippen molar-refractivity contribution in [3.63, 3.8) is 0 Å². The first kappa shape index (κ1) is 35.8. The fourth-order valence-corrected chi connectivity index (χ4v) is 3.90. The molecule has 3 aliphatic heterocycles. The van der Waals surface area contributed by atoms with Crippen molar-refractivity contribution in [2.24, 2.45) is 0 Å². The molecule has 0 spiro atoms. The summed E-state index contributed by atoms with van der Waals surface area (Å²) in [6.45, 7) is 1.31. The average Bonchev–Trinajstić information content (AvgIpc) is 3.70. The topological polar surface area (TPSA) is 63.2 Å². The summed E-state index contributed by atoms with van der Waals surface area (Å²) in [5, 5.41) is 12.7. The van der Waals surface area contributed by atoms with Crippen LogP contribution in [0.5, 0.6) is 11.5 Å². The predicted octanol–water partition coefficient (Wildman–Crippen LogP) is 7.44. The minimum atomic E-state index is -0.525. The second-order valence-corrected chi connectivity index (χ2v) is 55.3. The number of aliphatic hydroxyl groups excluding tert-OH is 1. The molecule has 0 radical (unpaired) electrons. The standard InChI is InChI=1S/C12H16FNO2.C11H11FO2.5HI.2V/c1-14-7-10(15)12-4-2-8-6-9(13)3-5-11(8)16-12;12-8-2-4-9-7(5-8)1-3-10(14-9)11-6-13-11;;;;;;;/h3,5-6,10,12,14-15H,2,4,7H2,1H3;2,4-5,10-11H,1,3,6H2;5*1H;;/q;;;;;;;+2;+3/p-5/t10?,12-;10-,11?;;;;;;;/m11......./s1. The van der Waals surface area contributed by atoms with E-state index in [1.165, 1.54) is 18.2 Å². The molecule has 2 N–H and O–H groups in total. The van der Waals surface area contributed by atoms with Crippen molar-refractivity contribution >= 4 is 99.9 Å². The molecule has 3 heterocycles. The summed E-state index contributed by atoms with van der Waals surface area (Å²) in [4.78, 5) is -0.278. The van der Waals surface area contributed by atoms with Gasteiger partial charge in [0.25, 0.3) is 0 Å². The van der Waals surface area contributed by atoms with Gasteiger partial charge in [0.15, 0.2) is 0 Å². The van der Waals surface area contributed by atoms with Crippen molar-refractivity contribution in [1.82, 2.24) is 5.32 Å². The monoisotopic (exact) mass is 1160 g/mol. The molecule has 14 heteroatoms. The molecule has 4 atom stereocenters. The van der Waals surface area contributed by atoms with Crippen LogP contribution in [0.2, 0.25) is 0 Å². The van der Waals surface area contributed by atoms with Gasteiger partial charge in [-0.05, 0) is 80.3 Å². The van der Waals surface area contributed by atoms with Crippen molar-refractivity contribution in [3.8, 4) is 11.5 Å². The van der Waals surface area contributed by atoms with Gasteiger partial charge in [-0.25, -0.2) is 8.78 Å². The minimum absolute atomic E-state index is 0.174. The summed E-state index contributed by atoms with van der Waals surface area (Å²) in [5.74, 6) is 1.08. The zero-order valence-electron chi connectivity index (χ0n) is 19.7. The van der Waals surface area contributed by atoms with E-state index in [1.807, 2.05) is 0 Å². The number of hydrogen-bond acceptors (Lipinski definition) is 5. The van der Waals surface area contributed by atoms with Crippen LogP contribution in [0.25, 0.3) is 0 Å². The van der Waals surface area contributed by atoms with E-state index in [0.29, 0.717) is 21.8 Å². The Bertz CT molecular complexity index is 963. The van der Waals surface area contributed by atoms with Crippen LogP contribution in [0, 0.1) is 11.6 Å². The van der Waals surface area contributed by atoms with Crippen LogP contribution in [-0.4, -0.2) is 49.7 Å². The van der Waals surface area contributed by atoms with E-state index < -0.39 is 6.10 Å². The van der Waals surface area contributed by atoms with Gasteiger partial charge in [-0.3, -0.25) is 0 Å². The van der Waals surface area contributed by atoms with Gasteiger partial charge in [0, 0.05) is 6.54 Å². The Kier molecular flexibility index (Phi) is 19.1. The van der Waals surface area contributed by atoms with E-state index in [9.17, 15) is 13.9 Å². The fourth-order valence-electron chi connectivity index (χ4n) is 3.90. The van der Waals surface area contributed by atoms with Gasteiger partial charge < -0.3 is 24.6 Å². The summed E-state index contributed by atoms with van der Waals surface area (Å²) < 4.78 is 42.4. The van der Waals surface area contributed by atoms with E-state index in [0.717, 1.165) is 49.2 Å². The number of epoxide rings is 1. The molecule has 1 saturated heterocycles. The van der Waals surface area contributed by atoms with Crippen LogP contribution in [0.15, 0.2) is 36.4 Å². The molecule has 37 heavy (non-hydrogen) atoms. The summed E-state index contributed by atoms with van der Waals surface area (Å²) in [7, 11) is 2.41. The summed E-state index contributed by atoms with van der Waals surface area (Å²) in [6, 6.07) is 9.21. The van der Waals surface area contributed by atoms with E-state index in [2.05, 4.69) is 105 Å². The molecule has 5 nitrogen and oxygen atoms in total. The molecule has 207 valence electrons. The number of fused-ring (bicyclic) bond motifs is 2. The second kappa shape index (κ2) is 19.7. The molecule has 0 aliphatic carbocycles. The van der Waals surface area contributed by atoms with Gasteiger partial charge in [-0.15, -0.1) is 0 Å². The zero-order valence-corrected chi connectivity index (χ0v) is 33.3. The van der Waals surface area contributed by atoms with Gasteiger partial charge in [0.1, 0.15) is 47.5 Å². The number of ether oxygens (including phenoxy) is 3. The van der Waals surface area contributed by atoms with Crippen LogP contribution < -0.4 is 14.8 Å². The third kappa shape index (κ3) is 14.1. The maximum absolute atomic E-state index is 13.0. The molecule has 0 aromatic heterocycles. The molecular formula is C23H27F2I5NO4V2. The predicted molar refractivity (Wildman–Crippen MR) is 178 cm³/mol. The number of aryl methyl sites for hydroxylation is 2. The summed E-state index contributed by atoms with van der Waals surface area (Å²) in [5.41, 5.74) is 1.86. The van der Waals surface area contributed by atoms with Crippen LogP contribution in [0.3, 0.4) is 0 Å². The number of benzene rings is 2. The Labute approximate surface area is 284 Å². The zero-order chi connectivity index (χ0) is 27.4. The van der Waals surface area contributed by atoms with Crippen molar-refractivity contribution in [2.45, 2.75) is 50.1 Å². The Morgan fingerprint density at radius 1 is 0.973 bits per heavy atom. The number of nitrogens with one attached hydrogen (secondary N) is 1. The van der Waals surface area contributed by atoms with Crippen LogP contribution in [0.4, 0.5) is 8.78 Å². The van der Waals surface area contributed by atoms with Crippen molar-refractivity contribution in [3.05, 3.63) is 59.2 Å². The summed E-state index contributed by atoms with van der Waals surface area (Å²) >= 11 is 12.1. The maximum atomic E-state index is 13.0.